The number of benzene rings is 3. The SMILES string of the molecule is CCc1cccc(CNC[C@H](O)[C@H](Cc2cc(F)cc(F)c2)NC(=O)c2ccc(-n3nc(C)cc3C)cc2)c1. The maximum Gasteiger partial charge on any atom is 0.251 e. The molecule has 0 aliphatic rings. The molecule has 204 valence electrons. The molecule has 0 saturated carbocycles. The number of aliphatic hydroxyl groups is 1. The van der Waals surface area contributed by atoms with E-state index in [-0.39, 0.29) is 13.0 Å². The van der Waals surface area contributed by atoms with Gasteiger partial charge >= 0.3 is 0 Å². The van der Waals surface area contributed by atoms with Crippen molar-refractivity contribution in [2.24, 2.45) is 0 Å². The Bertz CT molecular complexity index is 1400. The second kappa shape index (κ2) is 12.8. The van der Waals surface area contributed by atoms with Gasteiger partial charge < -0.3 is 15.7 Å². The Morgan fingerprint density at radius 3 is 2.28 bits per heavy atom. The Morgan fingerprint density at radius 1 is 0.949 bits per heavy atom. The van der Waals surface area contributed by atoms with Crippen molar-refractivity contribution < 1.29 is 18.7 Å². The average Bonchev–Trinajstić information content (AvgIpc) is 3.25. The van der Waals surface area contributed by atoms with Crippen molar-refractivity contribution in [1.29, 1.82) is 0 Å². The first-order chi connectivity index (χ1) is 18.7. The number of nitrogens with zero attached hydrogens (tertiary/aromatic N) is 2. The molecule has 2 atom stereocenters. The second-order valence-electron chi connectivity index (χ2n) is 9.82. The number of nitrogens with one attached hydrogen (secondary N) is 2. The van der Waals surface area contributed by atoms with Crippen molar-refractivity contribution in [2.45, 2.75) is 52.3 Å². The molecule has 0 aliphatic heterocycles. The van der Waals surface area contributed by atoms with Crippen molar-refractivity contribution >= 4 is 5.91 Å². The van der Waals surface area contributed by atoms with E-state index in [1.165, 1.54) is 17.7 Å². The summed E-state index contributed by atoms with van der Waals surface area (Å²) >= 11 is 0. The molecule has 3 N–H and O–H groups in total. The van der Waals surface area contributed by atoms with E-state index >= 15 is 0 Å². The molecule has 3 aromatic carbocycles. The van der Waals surface area contributed by atoms with Crippen molar-refractivity contribution in [3.05, 3.63) is 118 Å². The number of aliphatic hydroxyl groups excluding tert-OH is 1. The molecule has 1 heterocycles. The van der Waals surface area contributed by atoms with E-state index in [0.29, 0.717) is 17.7 Å². The molecule has 0 aliphatic carbocycles. The van der Waals surface area contributed by atoms with Crippen LogP contribution in [0.25, 0.3) is 5.69 Å². The molecule has 8 heteroatoms. The predicted octanol–water partition coefficient (Wildman–Crippen LogP) is 4.82. The third-order valence-electron chi connectivity index (χ3n) is 6.62. The zero-order valence-electron chi connectivity index (χ0n) is 22.4. The Balaban J connectivity index is 1.47. The van der Waals surface area contributed by atoms with Crippen LogP contribution in [0.1, 0.15) is 45.4 Å². The van der Waals surface area contributed by atoms with Crippen LogP contribution in [-0.2, 0) is 19.4 Å². The van der Waals surface area contributed by atoms with Gasteiger partial charge in [0.15, 0.2) is 0 Å². The molecule has 0 spiro atoms. The number of carbonyl (C=O) groups is 1. The van der Waals surface area contributed by atoms with Crippen molar-refractivity contribution in [3.8, 4) is 5.69 Å². The third kappa shape index (κ3) is 7.59. The molecule has 4 rings (SSSR count). The number of aromatic nitrogens is 2. The van der Waals surface area contributed by atoms with Crippen LogP contribution in [0.5, 0.6) is 0 Å². The van der Waals surface area contributed by atoms with Gasteiger partial charge in [-0.3, -0.25) is 4.79 Å². The fraction of sp³-hybridized carbons (Fsp3) is 0.290. The van der Waals surface area contributed by atoms with Gasteiger partial charge in [0.1, 0.15) is 11.6 Å². The highest BCUT2D eigenvalue weighted by Crippen LogP contribution is 2.15. The van der Waals surface area contributed by atoms with Gasteiger partial charge in [0.2, 0.25) is 0 Å². The summed E-state index contributed by atoms with van der Waals surface area (Å²) in [6.45, 7) is 6.67. The third-order valence-corrected chi connectivity index (χ3v) is 6.62. The Kier molecular flexibility index (Phi) is 9.22. The first-order valence-electron chi connectivity index (χ1n) is 13.1. The minimum Gasteiger partial charge on any atom is -0.390 e. The highest BCUT2D eigenvalue weighted by Gasteiger charge is 2.23. The Labute approximate surface area is 227 Å². The highest BCUT2D eigenvalue weighted by atomic mass is 19.1. The lowest BCUT2D eigenvalue weighted by Crippen LogP contribution is -2.48. The monoisotopic (exact) mass is 532 g/mol. The molecule has 0 saturated heterocycles. The molecule has 1 aromatic heterocycles. The lowest BCUT2D eigenvalue weighted by molar-refractivity contribution is 0.0830. The van der Waals surface area contributed by atoms with Gasteiger partial charge in [0.25, 0.3) is 5.91 Å². The van der Waals surface area contributed by atoms with Crippen LogP contribution < -0.4 is 10.6 Å². The number of hydrogen-bond acceptors (Lipinski definition) is 4. The van der Waals surface area contributed by atoms with Crippen LogP contribution in [0.3, 0.4) is 0 Å². The molecule has 0 bridgehead atoms. The lowest BCUT2D eigenvalue weighted by atomic mass is 10.00. The van der Waals surface area contributed by atoms with Crippen LogP contribution in [0.2, 0.25) is 0 Å². The van der Waals surface area contributed by atoms with E-state index in [4.69, 9.17) is 0 Å². The standard InChI is InChI=1S/C31H34F2N4O2/c1-4-22-6-5-7-23(13-22)18-34-19-30(38)29(16-24-14-26(32)17-27(33)15-24)35-31(39)25-8-10-28(11-9-25)37-21(3)12-20(2)36-37/h5-15,17,29-30,34,38H,4,16,18-19H2,1-3H3,(H,35,39)/t29-,30-/m0/s1. The van der Waals surface area contributed by atoms with Gasteiger partial charge in [0, 0.05) is 30.4 Å². The van der Waals surface area contributed by atoms with Crippen LogP contribution in [-0.4, -0.2) is 39.5 Å². The topological polar surface area (TPSA) is 79.2 Å². The predicted molar refractivity (Wildman–Crippen MR) is 148 cm³/mol. The van der Waals surface area contributed by atoms with Crippen molar-refractivity contribution in [1.82, 2.24) is 20.4 Å². The molecule has 1 amide bonds. The summed E-state index contributed by atoms with van der Waals surface area (Å²) in [6.07, 6.45) is -0.0290. The quantitative estimate of drug-likeness (QED) is 0.259. The summed E-state index contributed by atoms with van der Waals surface area (Å²) in [5, 5.41) is 21.6. The number of amides is 1. The van der Waals surface area contributed by atoms with E-state index in [9.17, 15) is 18.7 Å². The molecule has 0 radical (unpaired) electrons. The maximum atomic E-state index is 13.9. The normalized spacial score (nSPS) is 12.8. The van der Waals surface area contributed by atoms with Gasteiger partial charge in [-0.25, -0.2) is 13.5 Å². The fourth-order valence-corrected chi connectivity index (χ4v) is 4.63. The lowest BCUT2D eigenvalue weighted by Gasteiger charge is -2.25. The van der Waals surface area contributed by atoms with E-state index in [1.54, 1.807) is 28.9 Å². The van der Waals surface area contributed by atoms with Gasteiger partial charge in [0.05, 0.1) is 23.5 Å². The average molecular weight is 533 g/mol. The highest BCUT2D eigenvalue weighted by molar-refractivity contribution is 5.94. The first-order valence-corrected chi connectivity index (χ1v) is 13.1. The molecule has 39 heavy (non-hydrogen) atoms. The number of hydrogen-bond donors (Lipinski definition) is 3. The largest absolute Gasteiger partial charge is 0.390 e. The minimum atomic E-state index is -1.01. The van der Waals surface area contributed by atoms with Gasteiger partial charge in [-0.2, -0.15) is 5.10 Å². The summed E-state index contributed by atoms with van der Waals surface area (Å²) in [5.41, 5.74) is 5.73. The first kappa shape index (κ1) is 28.1. The van der Waals surface area contributed by atoms with E-state index in [0.717, 1.165) is 35.1 Å². The Hall–Kier alpha value is -3.88. The van der Waals surface area contributed by atoms with Crippen molar-refractivity contribution in [2.75, 3.05) is 6.54 Å². The fourth-order valence-electron chi connectivity index (χ4n) is 4.63. The van der Waals surface area contributed by atoms with Crippen LogP contribution in [0.4, 0.5) is 8.78 Å². The second-order valence-corrected chi connectivity index (χ2v) is 9.82. The Morgan fingerprint density at radius 2 is 1.64 bits per heavy atom. The zero-order valence-corrected chi connectivity index (χ0v) is 22.4. The van der Waals surface area contributed by atoms with E-state index in [2.05, 4.69) is 34.8 Å². The summed E-state index contributed by atoms with van der Waals surface area (Å²) in [7, 11) is 0. The maximum absolute atomic E-state index is 13.9. The van der Waals surface area contributed by atoms with Crippen LogP contribution in [0.15, 0.2) is 72.8 Å². The number of carbonyl (C=O) groups excluding carboxylic acids is 1. The van der Waals surface area contributed by atoms with Gasteiger partial charge in [-0.1, -0.05) is 31.2 Å². The van der Waals surface area contributed by atoms with Gasteiger partial charge in [-0.15, -0.1) is 0 Å². The summed E-state index contributed by atoms with van der Waals surface area (Å²) in [4.78, 5) is 13.2. The molecule has 6 nitrogen and oxygen atoms in total. The number of rotatable bonds is 11. The molecule has 0 fully saturated rings. The van der Waals surface area contributed by atoms with Crippen molar-refractivity contribution in [3.63, 3.8) is 0 Å². The summed E-state index contributed by atoms with van der Waals surface area (Å²) in [6, 6.07) is 19.5. The smallest absolute Gasteiger partial charge is 0.251 e. The summed E-state index contributed by atoms with van der Waals surface area (Å²) < 4.78 is 29.5. The molecular formula is C31H34F2N4O2. The molecule has 0 unspecified atom stereocenters. The van der Waals surface area contributed by atoms with E-state index < -0.39 is 29.7 Å². The zero-order chi connectivity index (χ0) is 27.9. The van der Waals surface area contributed by atoms with Gasteiger partial charge in [-0.05, 0) is 85.8 Å². The van der Waals surface area contributed by atoms with Crippen LogP contribution in [0, 0.1) is 25.5 Å². The number of aryl methyl sites for hydroxylation is 3. The minimum absolute atomic E-state index is 0.0540. The molecule has 4 aromatic rings. The summed E-state index contributed by atoms with van der Waals surface area (Å²) in [5.74, 6) is -1.82. The van der Waals surface area contributed by atoms with Crippen LogP contribution >= 0.6 is 0 Å². The van der Waals surface area contributed by atoms with E-state index in [1.807, 2.05) is 32.0 Å². The molecular weight excluding hydrogens is 498 g/mol. The number of halogens is 2.